The number of Topliss-reactive ketones (excluding diaryl/α,β-unsaturated/α-hetero) is 1. The van der Waals surface area contributed by atoms with Gasteiger partial charge in [-0.3, -0.25) is 4.79 Å². The largest absolute Gasteiger partial charge is 0.508 e. The Labute approximate surface area is 152 Å². The number of carbonyl (C=O) groups is 1. The van der Waals surface area contributed by atoms with E-state index in [0.29, 0.717) is 14.8 Å². The Balaban J connectivity index is 2.00. The zero-order valence-electron chi connectivity index (χ0n) is 13.1. The number of aromatic nitrogens is 2. The van der Waals surface area contributed by atoms with Crippen LogP contribution in [0.5, 0.6) is 5.75 Å². The van der Waals surface area contributed by atoms with Gasteiger partial charge in [0.15, 0.2) is 10.8 Å². The van der Waals surface area contributed by atoms with E-state index in [9.17, 15) is 9.90 Å². The van der Waals surface area contributed by atoms with Crippen molar-refractivity contribution in [3.05, 3.63) is 68.9 Å². The lowest BCUT2D eigenvalue weighted by atomic mass is 10.2. The van der Waals surface area contributed by atoms with Gasteiger partial charge in [0, 0.05) is 11.9 Å². The Kier molecular flexibility index (Phi) is 5.06. The number of ketones is 1. The number of aromatic hydroxyl groups is 1. The number of benzene rings is 2. The number of halogens is 1. The Hall–Kier alpha value is -2.77. The number of hydrogen-bond donors (Lipinski definition) is 1. The molecule has 2 aromatic carbocycles. The molecule has 0 saturated heterocycles. The lowest BCUT2D eigenvalue weighted by Gasteiger charge is -2.00. The van der Waals surface area contributed by atoms with Crippen LogP contribution in [0.15, 0.2) is 58.7 Å². The second kappa shape index (κ2) is 7.42. The summed E-state index contributed by atoms with van der Waals surface area (Å²) in [5, 5.41) is 22.7. The average Bonchev–Trinajstić information content (AvgIpc) is 3.02. The molecular weight excluding hydrogens is 360 g/mol. The number of nitrogens with zero attached hydrogens (tertiary/aromatic N) is 4. The first kappa shape index (κ1) is 17.1. The van der Waals surface area contributed by atoms with Gasteiger partial charge >= 0.3 is 0 Å². The summed E-state index contributed by atoms with van der Waals surface area (Å²) in [7, 11) is 0. The van der Waals surface area contributed by atoms with E-state index in [-0.39, 0.29) is 11.5 Å². The van der Waals surface area contributed by atoms with Gasteiger partial charge in [-0.1, -0.05) is 22.9 Å². The smallest absolute Gasteiger partial charge is 0.233 e. The number of phenolic OH excluding ortho intramolecular Hbond substituents is 1. The molecule has 126 valence electrons. The fourth-order valence-corrected chi connectivity index (χ4v) is 2.83. The molecule has 0 aliphatic heterocycles. The van der Waals surface area contributed by atoms with Crippen LogP contribution in [0.2, 0.25) is 5.02 Å². The number of phenols is 1. The number of hydrogen-bond acceptors (Lipinski definition) is 6. The van der Waals surface area contributed by atoms with Gasteiger partial charge in [0.1, 0.15) is 5.75 Å². The first-order valence-electron chi connectivity index (χ1n) is 7.26. The van der Waals surface area contributed by atoms with Gasteiger partial charge in [-0.25, -0.2) is 4.68 Å². The highest BCUT2D eigenvalue weighted by atomic mass is 35.5. The predicted octanol–water partition coefficient (Wildman–Crippen LogP) is 3.43. The fourth-order valence-electron chi connectivity index (χ4n) is 1.94. The summed E-state index contributed by atoms with van der Waals surface area (Å²) in [6.45, 7) is 1.45. The third kappa shape index (κ3) is 4.20. The van der Waals surface area contributed by atoms with Crippen molar-refractivity contribution in [3.63, 3.8) is 0 Å². The van der Waals surface area contributed by atoms with E-state index in [1.807, 2.05) is 0 Å². The SMILES string of the molecule is CC(=O)c1nn(-c2ccc(Cl)cc2)c(=N/N=C/c2ccc(O)cc2)s1. The summed E-state index contributed by atoms with van der Waals surface area (Å²) >= 11 is 7.06. The molecule has 8 heteroatoms. The molecule has 0 spiro atoms. The van der Waals surface area contributed by atoms with Crippen LogP contribution in [0.25, 0.3) is 5.69 Å². The van der Waals surface area contributed by atoms with Crippen molar-refractivity contribution < 1.29 is 9.90 Å². The van der Waals surface area contributed by atoms with Gasteiger partial charge in [0.25, 0.3) is 0 Å². The molecule has 0 saturated carbocycles. The van der Waals surface area contributed by atoms with E-state index in [0.717, 1.165) is 22.6 Å². The van der Waals surface area contributed by atoms with Crippen molar-refractivity contribution in [1.29, 1.82) is 0 Å². The van der Waals surface area contributed by atoms with Crippen LogP contribution >= 0.6 is 22.9 Å². The van der Waals surface area contributed by atoms with E-state index in [1.165, 1.54) is 6.92 Å². The van der Waals surface area contributed by atoms with Crippen LogP contribution in [-0.2, 0) is 0 Å². The van der Waals surface area contributed by atoms with Crippen molar-refractivity contribution in [1.82, 2.24) is 9.78 Å². The molecular formula is C17H13ClN4O2S. The van der Waals surface area contributed by atoms with E-state index in [1.54, 1.807) is 59.4 Å². The van der Waals surface area contributed by atoms with Crippen LogP contribution in [0.4, 0.5) is 0 Å². The Morgan fingerprint density at radius 1 is 1.20 bits per heavy atom. The molecule has 1 N–H and O–H groups in total. The molecule has 3 rings (SSSR count). The normalized spacial score (nSPS) is 12.0. The lowest BCUT2D eigenvalue weighted by molar-refractivity contribution is 0.101. The van der Waals surface area contributed by atoms with E-state index in [2.05, 4.69) is 15.3 Å². The third-order valence-corrected chi connectivity index (χ3v) is 4.43. The number of rotatable bonds is 4. The van der Waals surface area contributed by atoms with E-state index >= 15 is 0 Å². The summed E-state index contributed by atoms with van der Waals surface area (Å²) in [6, 6.07) is 13.6. The highest BCUT2D eigenvalue weighted by Gasteiger charge is 2.10. The monoisotopic (exact) mass is 372 g/mol. The van der Waals surface area contributed by atoms with Gasteiger partial charge in [0.05, 0.1) is 11.9 Å². The first-order valence-corrected chi connectivity index (χ1v) is 8.45. The lowest BCUT2D eigenvalue weighted by Crippen LogP contribution is -2.13. The molecule has 0 aliphatic carbocycles. The summed E-state index contributed by atoms with van der Waals surface area (Å²) in [6.07, 6.45) is 1.55. The van der Waals surface area contributed by atoms with Gasteiger partial charge < -0.3 is 5.11 Å². The first-order chi connectivity index (χ1) is 12.0. The summed E-state index contributed by atoms with van der Waals surface area (Å²) in [5.74, 6) is 0.0416. The van der Waals surface area contributed by atoms with Crippen LogP contribution in [0, 0.1) is 0 Å². The summed E-state index contributed by atoms with van der Waals surface area (Å²) < 4.78 is 1.55. The van der Waals surface area contributed by atoms with Gasteiger partial charge in [-0.15, -0.1) is 5.10 Å². The van der Waals surface area contributed by atoms with Crippen molar-refractivity contribution in [2.45, 2.75) is 6.92 Å². The fraction of sp³-hybridized carbons (Fsp3) is 0.0588. The molecule has 0 amide bonds. The Bertz CT molecular complexity index is 989. The minimum atomic E-state index is -0.142. The highest BCUT2D eigenvalue weighted by molar-refractivity contribution is 7.10. The Morgan fingerprint density at radius 2 is 1.88 bits per heavy atom. The molecule has 0 bridgehead atoms. The maximum Gasteiger partial charge on any atom is 0.233 e. The van der Waals surface area contributed by atoms with Crippen LogP contribution in [-0.4, -0.2) is 26.9 Å². The van der Waals surface area contributed by atoms with Crippen LogP contribution in [0.3, 0.4) is 0 Å². The number of carbonyl (C=O) groups excluding carboxylic acids is 1. The summed E-state index contributed by atoms with van der Waals surface area (Å²) in [4.78, 5) is 12.1. The quantitative estimate of drug-likeness (QED) is 0.433. The molecule has 1 aromatic heterocycles. The van der Waals surface area contributed by atoms with Crippen molar-refractivity contribution in [3.8, 4) is 11.4 Å². The Morgan fingerprint density at radius 3 is 2.52 bits per heavy atom. The summed E-state index contributed by atoms with van der Waals surface area (Å²) in [5.41, 5.74) is 1.52. The third-order valence-electron chi connectivity index (χ3n) is 3.18. The van der Waals surface area contributed by atoms with Crippen LogP contribution < -0.4 is 4.80 Å². The van der Waals surface area contributed by atoms with Crippen molar-refractivity contribution in [2.24, 2.45) is 10.2 Å². The van der Waals surface area contributed by atoms with Crippen LogP contribution in [0.1, 0.15) is 22.3 Å². The zero-order chi connectivity index (χ0) is 17.8. The molecule has 1 heterocycles. The molecule has 0 radical (unpaired) electrons. The zero-order valence-corrected chi connectivity index (χ0v) is 14.7. The maximum atomic E-state index is 11.6. The topological polar surface area (TPSA) is 79.8 Å². The van der Waals surface area contributed by atoms with Gasteiger partial charge in [0.2, 0.25) is 4.80 Å². The molecule has 25 heavy (non-hydrogen) atoms. The minimum Gasteiger partial charge on any atom is -0.508 e. The second-order valence-electron chi connectivity index (χ2n) is 5.07. The van der Waals surface area contributed by atoms with Crippen molar-refractivity contribution >= 4 is 34.9 Å². The van der Waals surface area contributed by atoms with E-state index in [4.69, 9.17) is 11.6 Å². The molecule has 0 unspecified atom stereocenters. The molecule has 3 aromatic rings. The second-order valence-corrected chi connectivity index (χ2v) is 6.46. The van der Waals surface area contributed by atoms with Crippen molar-refractivity contribution in [2.75, 3.05) is 0 Å². The molecule has 6 nitrogen and oxygen atoms in total. The van der Waals surface area contributed by atoms with Gasteiger partial charge in [-0.2, -0.15) is 10.2 Å². The molecule has 0 fully saturated rings. The standard InChI is InChI=1S/C17H13ClN4O2S/c1-11(23)16-21-22(14-6-4-13(18)5-7-14)17(25-16)20-19-10-12-2-8-15(24)9-3-12/h2-10,24H,1H3/b19-10+,20-17?. The van der Waals surface area contributed by atoms with Gasteiger partial charge in [-0.05, 0) is 54.1 Å². The molecule has 0 atom stereocenters. The maximum absolute atomic E-state index is 11.6. The highest BCUT2D eigenvalue weighted by Crippen LogP contribution is 2.13. The minimum absolute atomic E-state index is 0.142. The average molecular weight is 373 g/mol. The molecule has 0 aliphatic rings. The predicted molar refractivity (Wildman–Crippen MR) is 97.7 cm³/mol. The van der Waals surface area contributed by atoms with E-state index < -0.39 is 0 Å².